The summed E-state index contributed by atoms with van der Waals surface area (Å²) in [5.74, 6) is -0.751. The van der Waals surface area contributed by atoms with Crippen molar-refractivity contribution in [3.63, 3.8) is 0 Å². The first kappa shape index (κ1) is 17.4. The highest BCUT2D eigenvalue weighted by Gasteiger charge is 2.34. The minimum atomic E-state index is -3.81. The monoisotopic (exact) mass is 350 g/mol. The lowest BCUT2D eigenvalue weighted by Crippen LogP contribution is -2.31. The van der Waals surface area contributed by atoms with Crippen LogP contribution in [0.4, 0.5) is 0 Å². The Balaban J connectivity index is 2.20. The predicted molar refractivity (Wildman–Crippen MR) is 91.1 cm³/mol. The van der Waals surface area contributed by atoms with Crippen molar-refractivity contribution >= 4 is 27.1 Å². The molecule has 0 aliphatic heterocycles. The zero-order valence-corrected chi connectivity index (χ0v) is 14.4. The van der Waals surface area contributed by atoms with Gasteiger partial charge in [-0.25, -0.2) is 8.42 Å². The van der Waals surface area contributed by atoms with Gasteiger partial charge in [0.1, 0.15) is 6.61 Å². The highest BCUT2D eigenvalue weighted by Crippen LogP contribution is 2.21. The molecule has 0 saturated heterocycles. The van der Waals surface area contributed by atoms with E-state index in [0.717, 1.165) is 10.4 Å². The molecule has 0 fully saturated rings. The SMILES string of the molecule is C=CCC(C(=O)OCc1cccs1)S(=O)(=O)c1ccc(C)cc1. The van der Waals surface area contributed by atoms with Gasteiger partial charge in [0.2, 0.25) is 0 Å². The van der Waals surface area contributed by atoms with E-state index in [2.05, 4.69) is 6.58 Å². The van der Waals surface area contributed by atoms with Crippen LogP contribution >= 0.6 is 11.3 Å². The summed E-state index contributed by atoms with van der Waals surface area (Å²) in [7, 11) is -3.81. The van der Waals surface area contributed by atoms with Crippen molar-refractivity contribution in [2.75, 3.05) is 0 Å². The molecule has 1 atom stereocenters. The Morgan fingerprint density at radius 3 is 2.57 bits per heavy atom. The van der Waals surface area contributed by atoms with Crippen LogP contribution in [0.3, 0.4) is 0 Å². The Morgan fingerprint density at radius 2 is 2.00 bits per heavy atom. The number of ether oxygens (including phenoxy) is 1. The average Bonchev–Trinajstić information content (AvgIpc) is 3.04. The fourth-order valence-electron chi connectivity index (χ4n) is 2.02. The summed E-state index contributed by atoms with van der Waals surface area (Å²) in [5, 5.41) is 0.593. The summed E-state index contributed by atoms with van der Waals surface area (Å²) in [6.45, 7) is 5.49. The highest BCUT2D eigenvalue weighted by molar-refractivity contribution is 7.92. The van der Waals surface area contributed by atoms with E-state index < -0.39 is 21.1 Å². The summed E-state index contributed by atoms with van der Waals surface area (Å²) in [4.78, 5) is 13.2. The van der Waals surface area contributed by atoms with E-state index in [4.69, 9.17) is 4.74 Å². The van der Waals surface area contributed by atoms with Gasteiger partial charge in [-0.15, -0.1) is 17.9 Å². The van der Waals surface area contributed by atoms with Crippen LogP contribution in [-0.2, 0) is 26.0 Å². The minimum absolute atomic E-state index is 0.0134. The average molecular weight is 350 g/mol. The highest BCUT2D eigenvalue weighted by atomic mass is 32.2. The maximum Gasteiger partial charge on any atom is 0.325 e. The maximum atomic E-state index is 12.7. The molecule has 0 aliphatic rings. The summed E-state index contributed by atoms with van der Waals surface area (Å²) in [6.07, 6.45) is 1.43. The van der Waals surface area contributed by atoms with Gasteiger partial charge >= 0.3 is 5.97 Å². The van der Waals surface area contributed by atoms with Crippen LogP contribution in [-0.4, -0.2) is 19.6 Å². The zero-order chi connectivity index (χ0) is 16.9. The lowest BCUT2D eigenvalue weighted by molar-refractivity contribution is -0.144. The summed E-state index contributed by atoms with van der Waals surface area (Å²) < 4.78 is 30.6. The van der Waals surface area contributed by atoms with Gasteiger partial charge in [0.15, 0.2) is 15.1 Å². The Labute approximate surface area is 140 Å². The lowest BCUT2D eigenvalue weighted by atomic mass is 10.2. The topological polar surface area (TPSA) is 60.4 Å². The molecule has 1 aromatic carbocycles. The van der Waals surface area contributed by atoms with Crippen LogP contribution in [0.2, 0.25) is 0 Å². The third kappa shape index (κ3) is 4.30. The Morgan fingerprint density at radius 1 is 1.30 bits per heavy atom. The van der Waals surface area contributed by atoms with Crippen molar-refractivity contribution in [2.45, 2.75) is 30.1 Å². The van der Waals surface area contributed by atoms with Crippen molar-refractivity contribution in [3.8, 4) is 0 Å². The van der Waals surface area contributed by atoms with E-state index >= 15 is 0 Å². The molecule has 0 amide bonds. The normalized spacial score (nSPS) is 12.6. The fourth-order valence-corrected chi connectivity index (χ4v) is 4.19. The van der Waals surface area contributed by atoms with Gasteiger partial charge in [-0.3, -0.25) is 4.79 Å². The fraction of sp³-hybridized carbons (Fsp3) is 0.235. The van der Waals surface area contributed by atoms with Gasteiger partial charge in [-0.1, -0.05) is 29.8 Å². The number of aryl methyl sites for hydroxylation is 1. The lowest BCUT2D eigenvalue weighted by Gasteiger charge is -2.15. The second kappa shape index (κ2) is 7.57. The smallest absolute Gasteiger partial charge is 0.325 e. The third-order valence-corrected chi connectivity index (χ3v) is 6.22. The number of esters is 1. The molecule has 0 spiro atoms. The van der Waals surface area contributed by atoms with Crippen LogP contribution < -0.4 is 0 Å². The summed E-state index contributed by atoms with van der Waals surface area (Å²) in [5.41, 5.74) is 0.949. The molecule has 122 valence electrons. The van der Waals surface area contributed by atoms with Crippen LogP contribution in [0.1, 0.15) is 16.9 Å². The molecule has 23 heavy (non-hydrogen) atoms. The number of thiophene rings is 1. The second-order valence-corrected chi connectivity index (χ2v) is 8.22. The van der Waals surface area contributed by atoms with Crippen molar-refractivity contribution in [1.82, 2.24) is 0 Å². The molecule has 0 saturated carbocycles. The molecule has 0 aliphatic carbocycles. The molecular weight excluding hydrogens is 332 g/mol. The van der Waals surface area contributed by atoms with Gasteiger partial charge < -0.3 is 4.74 Å². The molecule has 2 aromatic rings. The first-order valence-corrected chi connectivity index (χ1v) is 9.48. The number of benzene rings is 1. The van der Waals surface area contributed by atoms with E-state index in [1.807, 2.05) is 24.4 Å². The van der Waals surface area contributed by atoms with Gasteiger partial charge in [0.05, 0.1) is 4.90 Å². The number of rotatable bonds is 7. The Bertz CT molecular complexity index is 759. The number of carbonyl (C=O) groups excluding carboxylic acids is 1. The molecule has 1 heterocycles. The number of sulfone groups is 1. The van der Waals surface area contributed by atoms with Gasteiger partial charge in [-0.05, 0) is 36.9 Å². The largest absolute Gasteiger partial charge is 0.459 e. The molecule has 6 heteroatoms. The van der Waals surface area contributed by atoms with E-state index in [1.165, 1.54) is 29.5 Å². The van der Waals surface area contributed by atoms with Crippen LogP contribution in [0.5, 0.6) is 0 Å². The predicted octanol–water partition coefficient (Wildman–Crippen LogP) is 3.52. The number of carbonyl (C=O) groups is 1. The Hall–Kier alpha value is -1.92. The van der Waals surface area contributed by atoms with Crippen LogP contribution in [0.15, 0.2) is 59.3 Å². The van der Waals surface area contributed by atoms with Crippen LogP contribution in [0.25, 0.3) is 0 Å². The standard InChI is InChI=1S/C17H18O4S2/c1-3-5-16(17(18)21-12-14-6-4-11-22-14)23(19,20)15-9-7-13(2)8-10-15/h3-4,6-11,16H,1,5,12H2,2H3. The van der Waals surface area contributed by atoms with E-state index in [-0.39, 0.29) is 17.9 Å². The second-order valence-electron chi connectivity index (χ2n) is 5.06. The summed E-state index contributed by atoms with van der Waals surface area (Å²) in [6, 6.07) is 10.1. The summed E-state index contributed by atoms with van der Waals surface area (Å²) >= 11 is 1.45. The van der Waals surface area contributed by atoms with Crippen molar-refractivity contribution < 1.29 is 17.9 Å². The molecule has 1 unspecified atom stereocenters. The molecule has 2 rings (SSSR count). The molecule has 0 N–H and O–H groups in total. The quantitative estimate of drug-likeness (QED) is 0.566. The zero-order valence-electron chi connectivity index (χ0n) is 12.8. The van der Waals surface area contributed by atoms with Crippen molar-refractivity contribution in [3.05, 3.63) is 64.9 Å². The molecule has 4 nitrogen and oxygen atoms in total. The first-order chi connectivity index (χ1) is 10.9. The first-order valence-electron chi connectivity index (χ1n) is 7.05. The number of allylic oxidation sites excluding steroid dienone is 1. The molecular formula is C17H18O4S2. The van der Waals surface area contributed by atoms with Crippen LogP contribution in [0, 0.1) is 6.92 Å². The van der Waals surface area contributed by atoms with Gasteiger partial charge in [0.25, 0.3) is 0 Å². The molecule has 0 bridgehead atoms. The van der Waals surface area contributed by atoms with Gasteiger partial charge in [0, 0.05) is 4.88 Å². The van der Waals surface area contributed by atoms with E-state index in [0.29, 0.717) is 0 Å². The third-order valence-electron chi connectivity index (χ3n) is 3.30. The molecule has 0 radical (unpaired) electrons. The Kier molecular flexibility index (Phi) is 5.74. The van der Waals surface area contributed by atoms with Crippen molar-refractivity contribution in [1.29, 1.82) is 0 Å². The van der Waals surface area contributed by atoms with Crippen molar-refractivity contribution in [2.24, 2.45) is 0 Å². The van der Waals surface area contributed by atoms with E-state index in [9.17, 15) is 13.2 Å². The number of hydrogen-bond acceptors (Lipinski definition) is 5. The van der Waals surface area contributed by atoms with Gasteiger partial charge in [-0.2, -0.15) is 0 Å². The van der Waals surface area contributed by atoms with E-state index in [1.54, 1.807) is 12.1 Å². The molecule has 1 aromatic heterocycles. The maximum absolute atomic E-state index is 12.7. The minimum Gasteiger partial charge on any atom is -0.459 e. The number of hydrogen-bond donors (Lipinski definition) is 0.